The van der Waals surface area contributed by atoms with Gasteiger partial charge in [-0.15, -0.1) is 0 Å². The molecule has 1 amide bonds. The minimum absolute atomic E-state index is 0.0156. The summed E-state index contributed by atoms with van der Waals surface area (Å²) >= 11 is 0. The summed E-state index contributed by atoms with van der Waals surface area (Å²) < 4.78 is 6.55. The van der Waals surface area contributed by atoms with Crippen LogP contribution in [0.25, 0.3) is 22.3 Å². The van der Waals surface area contributed by atoms with E-state index in [1.807, 2.05) is 13.8 Å². The van der Waals surface area contributed by atoms with Gasteiger partial charge in [-0.25, -0.2) is 0 Å². The molecule has 0 heterocycles. The molecule has 3 aromatic rings. The second kappa shape index (κ2) is 10.8. The molecule has 198 valence electrons. The van der Waals surface area contributed by atoms with Crippen molar-refractivity contribution >= 4 is 11.6 Å². The van der Waals surface area contributed by atoms with Crippen molar-refractivity contribution in [2.24, 2.45) is 5.92 Å². The molecule has 1 atom stereocenters. The van der Waals surface area contributed by atoms with Crippen LogP contribution in [0.4, 0.5) is 5.69 Å². The van der Waals surface area contributed by atoms with Crippen LogP contribution in [0.2, 0.25) is 0 Å². The summed E-state index contributed by atoms with van der Waals surface area (Å²) in [7, 11) is 0. The first-order chi connectivity index (χ1) is 17.1. The van der Waals surface area contributed by atoms with Crippen LogP contribution in [0, 0.1) is 47.5 Å². The molecule has 0 aliphatic carbocycles. The summed E-state index contributed by atoms with van der Waals surface area (Å²) in [5.74, 6) is -0.111. The van der Waals surface area contributed by atoms with Gasteiger partial charge < -0.3 is 10.1 Å². The van der Waals surface area contributed by atoms with E-state index >= 15 is 0 Å². The van der Waals surface area contributed by atoms with E-state index in [1.165, 1.54) is 33.4 Å². The number of amides is 1. The molecule has 0 aromatic heterocycles. The van der Waals surface area contributed by atoms with Crippen molar-refractivity contribution in [3.63, 3.8) is 0 Å². The number of benzene rings is 3. The Morgan fingerprint density at radius 3 is 1.65 bits per heavy atom. The predicted octanol–water partition coefficient (Wildman–Crippen LogP) is 9.34. The van der Waals surface area contributed by atoms with Gasteiger partial charge in [-0.05, 0) is 125 Å². The maximum absolute atomic E-state index is 13.1. The fourth-order valence-electron chi connectivity index (χ4n) is 5.07. The van der Waals surface area contributed by atoms with Crippen LogP contribution < -0.4 is 5.32 Å². The van der Waals surface area contributed by atoms with E-state index in [1.54, 1.807) is 0 Å². The Labute approximate surface area is 224 Å². The minimum Gasteiger partial charge on any atom is -0.368 e. The molecule has 3 aromatic carbocycles. The molecule has 1 unspecified atom stereocenters. The number of rotatable bonds is 6. The summed E-state index contributed by atoms with van der Waals surface area (Å²) in [5.41, 5.74) is 13.5. The SMILES string of the molecule is Cc1ccc(-c2c(C)c(-c3ccc(C)c(C)c3)c(C(C)OC(C)(C)C)c(C)c2NC(=O)C(C)C)cc1C. The predicted molar refractivity (Wildman–Crippen MR) is 158 cm³/mol. The highest BCUT2D eigenvalue weighted by Crippen LogP contribution is 2.47. The Hall–Kier alpha value is -2.91. The van der Waals surface area contributed by atoms with Crippen molar-refractivity contribution < 1.29 is 9.53 Å². The van der Waals surface area contributed by atoms with Crippen molar-refractivity contribution in [1.29, 1.82) is 0 Å². The summed E-state index contributed by atoms with van der Waals surface area (Å²) in [4.78, 5) is 13.1. The monoisotopic (exact) mass is 499 g/mol. The van der Waals surface area contributed by atoms with Gasteiger partial charge >= 0.3 is 0 Å². The quantitative estimate of drug-likeness (QED) is 0.367. The number of nitrogens with one attached hydrogen (secondary N) is 1. The van der Waals surface area contributed by atoms with Gasteiger partial charge in [-0.2, -0.15) is 0 Å². The lowest BCUT2D eigenvalue weighted by Crippen LogP contribution is -2.24. The Balaban J connectivity index is 2.49. The molecule has 0 spiro atoms. The normalized spacial score (nSPS) is 12.7. The van der Waals surface area contributed by atoms with Crippen LogP contribution >= 0.6 is 0 Å². The number of carbonyl (C=O) groups excluding carboxylic acids is 1. The first kappa shape index (κ1) is 28.7. The van der Waals surface area contributed by atoms with Gasteiger partial charge in [0.05, 0.1) is 17.4 Å². The van der Waals surface area contributed by atoms with E-state index in [0.717, 1.165) is 33.5 Å². The molecule has 0 aliphatic rings. The summed E-state index contributed by atoms with van der Waals surface area (Å²) in [6, 6.07) is 13.3. The second-order valence-corrected chi connectivity index (χ2v) is 11.9. The van der Waals surface area contributed by atoms with Crippen LogP contribution in [0.5, 0.6) is 0 Å². The van der Waals surface area contributed by atoms with Crippen LogP contribution in [0.1, 0.15) is 86.6 Å². The van der Waals surface area contributed by atoms with E-state index in [-0.39, 0.29) is 23.5 Å². The van der Waals surface area contributed by atoms with E-state index in [9.17, 15) is 4.79 Å². The number of anilines is 1. The highest BCUT2D eigenvalue weighted by molar-refractivity contribution is 6.01. The largest absolute Gasteiger partial charge is 0.368 e. The summed E-state index contributed by atoms with van der Waals surface area (Å²) in [6.45, 7) is 25.2. The second-order valence-electron chi connectivity index (χ2n) is 11.9. The molecule has 3 rings (SSSR count). The van der Waals surface area contributed by atoms with Gasteiger partial charge in [-0.3, -0.25) is 4.79 Å². The third-order valence-corrected chi connectivity index (χ3v) is 7.35. The van der Waals surface area contributed by atoms with Gasteiger partial charge in [0, 0.05) is 11.5 Å². The fourth-order valence-corrected chi connectivity index (χ4v) is 5.07. The first-order valence-corrected chi connectivity index (χ1v) is 13.4. The standard InChI is InChI=1S/C34H45NO2/c1-19(2)33(36)35-32-25(8)29(26(9)37-34(10,11)12)30(27-15-13-20(3)22(5)17-27)24(7)31(32)28-16-14-21(4)23(6)18-28/h13-19,26H,1-12H3,(H,35,36). The lowest BCUT2D eigenvalue weighted by atomic mass is 9.81. The van der Waals surface area contributed by atoms with Gasteiger partial charge in [-0.1, -0.05) is 50.2 Å². The topological polar surface area (TPSA) is 38.3 Å². The number of hydrogen-bond acceptors (Lipinski definition) is 2. The molecule has 1 N–H and O–H groups in total. The number of aryl methyl sites for hydroxylation is 4. The van der Waals surface area contributed by atoms with Crippen LogP contribution in [-0.2, 0) is 9.53 Å². The molecule has 37 heavy (non-hydrogen) atoms. The average Bonchev–Trinajstić information content (AvgIpc) is 2.78. The van der Waals surface area contributed by atoms with Crippen molar-refractivity contribution in [2.75, 3.05) is 5.32 Å². The van der Waals surface area contributed by atoms with Crippen molar-refractivity contribution in [1.82, 2.24) is 0 Å². The van der Waals surface area contributed by atoms with Crippen molar-refractivity contribution in [3.8, 4) is 22.3 Å². The molecule has 0 radical (unpaired) electrons. The molecular weight excluding hydrogens is 454 g/mol. The zero-order valence-electron chi connectivity index (χ0n) is 24.9. The molecular formula is C34H45NO2. The smallest absolute Gasteiger partial charge is 0.226 e. The Bertz CT molecular complexity index is 1320. The molecule has 3 heteroatoms. The van der Waals surface area contributed by atoms with Gasteiger partial charge in [0.1, 0.15) is 0 Å². The molecule has 0 aliphatic heterocycles. The van der Waals surface area contributed by atoms with Gasteiger partial charge in [0.2, 0.25) is 5.91 Å². The van der Waals surface area contributed by atoms with Gasteiger partial charge in [0.25, 0.3) is 0 Å². The highest BCUT2D eigenvalue weighted by Gasteiger charge is 2.28. The highest BCUT2D eigenvalue weighted by atomic mass is 16.5. The lowest BCUT2D eigenvalue weighted by molar-refractivity contribution is -0.118. The third-order valence-electron chi connectivity index (χ3n) is 7.35. The zero-order valence-corrected chi connectivity index (χ0v) is 24.9. The van der Waals surface area contributed by atoms with Crippen molar-refractivity contribution in [3.05, 3.63) is 75.3 Å². The Morgan fingerprint density at radius 2 is 1.22 bits per heavy atom. The molecule has 0 bridgehead atoms. The number of ether oxygens (including phenoxy) is 1. The van der Waals surface area contributed by atoms with Crippen LogP contribution in [-0.4, -0.2) is 11.5 Å². The maximum atomic E-state index is 13.1. The third kappa shape index (κ3) is 6.15. The fraction of sp³-hybridized carbons (Fsp3) is 0.441. The lowest BCUT2D eigenvalue weighted by Gasteiger charge is -2.32. The van der Waals surface area contributed by atoms with Crippen molar-refractivity contribution in [2.45, 2.75) is 94.8 Å². The first-order valence-electron chi connectivity index (χ1n) is 13.4. The van der Waals surface area contributed by atoms with Crippen LogP contribution in [0.15, 0.2) is 36.4 Å². The molecule has 0 saturated heterocycles. The Kier molecular flexibility index (Phi) is 8.39. The molecule has 0 fully saturated rings. The molecule has 3 nitrogen and oxygen atoms in total. The average molecular weight is 500 g/mol. The summed E-state index contributed by atoms with van der Waals surface area (Å²) in [5, 5.41) is 3.31. The van der Waals surface area contributed by atoms with E-state index < -0.39 is 0 Å². The number of carbonyl (C=O) groups is 1. The van der Waals surface area contributed by atoms with Crippen LogP contribution in [0.3, 0.4) is 0 Å². The maximum Gasteiger partial charge on any atom is 0.226 e. The van der Waals surface area contributed by atoms with E-state index in [2.05, 4.69) is 111 Å². The van der Waals surface area contributed by atoms with E-state index in [4.69, 9.17) is 4.74 Å². The Morgan fingerprint density at radius 1 is 0.730 bits per heavy atom. The summed E-state index contributed by atoms with van der Waals surface area (Å²) in [6.07, 6.45) is -0.168. The minimum atomic E-state index is -0.311. The van der Waals surface area contributed by atoms with E-state index in [0.29, 0.717) is 0 Å². The van der Waals surface area contributed by atoms with Gasteiger partial charge in [0.15, 0.2) is 0 Å². The zero-order chi connectivity index (χ0) is 27.8. The molecule has 0 saturated carbocycles. The number of hydrogen-bond donors (Lipinski definition) is 1.